The lowest BCUT2D eigenvalue weighted by Gasteiger charge is -2.13. The Kier molecular flexibility index (Phi) is 5.70. The minimum Gasteiger partial charge on any atom is -0.352 e. The second kappa shape index (κ2) is 8.73. The Balaban J connectivity index is 1.36. The van der Waals surface area contributed by atoms with Crippen LogP contribution in [0.15, 0.2) is 67.3 Å². The summed E-state index contributed by atoms with van der Waals surface area (Å²) in [7, 11) is 0. The van der Waals surface area contributed by atoms with Gasteiger partial charge in [-0.25, -0.2) is 4.98 Å². The van der Waals surface area contributed by atoms with E-state index in [2.05, 4.69) is 10.3 Å². The fourth-order valence-corrected chi connectivity index (χ4v) is 3.51. The molecule has 3 aromatic rings. The van der Waals surface area contributed by atoms with Crippen LogP contribution < -0.4 is 5.32 Å². The third-order valence-electron chi connectivity index (χ3n) is 5.14. The Bertz CT molecular complexity index is 1060. The van der Waals surface area contributed by atoms with Gasteiger partial charge in [0.25, 0.3) is 17.7 Å². The molecule has 3 amide bonds. The van der Waals surface area contributed by atoms with Crippen LogP contribution in [-0.4, -0.2) is 45.3 Å². The van der Waals surface area contributed by atoms with Gasteiger partial charge in [0.2, 0.25) is 0 Å². The highest BCUT2D eigenvalue weighted by Gasteiger charge is 2.35. The maximum Gasteiger partial charge on any atom is 0.261 e. The average Bonchev–Trinajstić information content (AvgIpc) is 3.37. The molecule has 1 aliphatic heterocycles. The Morgan fingerprint density at radius 3 is 2.53 bits per heavy atom. The van der Waals surface area contributed by atoms with Crippen molar-refractivity contribution in [3.8, 4) is 0 Å². The number of hydrogen-bond acceptors (Lipinski definition) is 4. The Labute approximate surface area is 174 Å². The summed E-state index contributed by atoms with van der Waals surface area (Å²) in [6.45, 7) is 1.57. The normalized spacial score (nSPS) is 12.9. The average molecular weight is 402 g/mol. The number of rotatable bonds is 8. The van der Waals surface area contributed by atoms with Crippen molar-refractivity contribution in [3.63, 3.8) is 0 Å². The molecule has 4 rings (SSSR count). The molecule has 0 aliphatic carbocycles. The summed E-state index contributed by atoms with van der Waals surface area (Å²) in [6.07, 6.45) is 6.67. The van der Waals surface area contributed by atoms with Gasteiger partial charge in [-0.1, -0.05) is 30.3 Å². The predicted molar refractivity (Wildman–Crippen MR) is 111 cm³/mol. The smallest absolute Gasteiger partial charge is 0.261 e. The van der Waals surface area contributed by atoms with Crippen LogP contribution in [-0.2, 0) is 13.0 Å². The molecule has 2 aromatic carbocycles. The molecule has 0 radical (unpaired) electrons. The van der Waals surface area contributed by atoms with Crippen LogP contribution in [0.5, 0.6) is 0 Å². The highest BCUT2D eigenvalue weighted by atomic mass is 16.2. The number of hydrogen-bond donors (Lipinski definition) is 1. The second-order valence-electron chi connectivity index (χ2n) is 7.17. The zero-order chi connectivity index (χ0) is 20.9. The molecular weight excluding hydrogens is 380 g/mol. The van der Waals surface area contributed by atoms with Gasteiger partial charge in [0.1, 0.15) is 0 Å². The third kappa shape index (κ3) is 4.15. The lowest BCUT2D eigenvalue weighted by atomic mass is 10.1. The number of amides is 3. The maximum atomic E-state index is 12.8. The van der Waals surface area contributed by atoms with E-state index in [0.717, 1.165) is 18.5 Å². The third-order valence-corrected chi connectivity index (χ3v) is 5.14. The van der Waals surface area contributed by atoms with E-state index in [1.807, 2.05) is 41.1 Å². The molecule has 0 fully saturated rings. The van der Waals surface area contributed by atoms with Crippen molar-refractivity contribution in [3.05, 3.63) is 89.5 Å². The number of aryl methyl sites for hydroxylation is 1. The molecule has 1 aromatic heterocycles. The molecule has 7 nitrogen and oxygen atoms in total. The summed E-state index contributed by atoms with van der Waals surface area (Å²) in [5.41, 5.74) is 2.08. The summed E-state index contributed by atoms with van der Waals surface area (Å²) in [4.78, 5) is 43.1. The maximum absolute atomic E-state index is 12.8. The van der Waals surface area contributed by atoms with Gasteiger partial charge >= 0.3 is 0 Å². The number of fused-ring (bicyclic) bond motifs is 1. The number of nitrogens with zero attached hydrogens (tertiary/aromatic N) is 3. The number of carbonyl (C=O) groups is 3. The molecule has 0 saturated carbocycles. The van der Waals surface area contributed by atoms with E-state index in [-0.39, 0.29) is 17.7 Å². The van der Waals surface area contributed by atoms with Gasteiger partial charge in [0.05, 0.1) is 17.5 Å². The van der Waals surface area contributed by atoms with Gasteiger partial charge < -0.3 is 9.88 Å². The first-order chi connectivity index (χ1) is 14.6. The zero-order valence-electron chi connectivity index (χ0n) is 16.5. The molecule has 152 valence electrons. The molecule has 0 unspecified atom stereocenters. The summed E-state index contributed by atoms with van der Waals surface area (Å²) < 4.78 is 1.94. The van der Waals surface area contributed by atoms with Crippen molar-refractivity contribution >= 4 is 17.7 Å². The Morgan fingerprint density at radius 1 is 0.967 bits per heavy atom. The van der Waals surface area contributed by atoms with Crippen molar-refractivity contribution in [1.82, 2.24) is 19.8 Å². The number of imidazole rings is 1. The summed E-state index contributed by atoms with van der Waals surface area (Å²) in [5.74, 6) is -0.912. The highest BCUT2D eigenvalue weighted by Crippen LogP contribution is 2.24. The lowest BCUT2D eigenvalue weighted by Crippen LogP contribution is -2.31. The zero-order valence-corrected chi connectivity index (χ0v) is 16.5. The Hall–Kier alpha value is -3.74. The minimum atomic E-state index is -0.347. The van der Waals surface area contributed by atoms with Crippen LogP contribution in [0.4, 0.5) is 0 Å². The molecule has 0 spiro atoms. The second-order valence-corrected chi connectivity index (χ2v) is 7.17. The van der Waals surface area contributed by atoms with Crippen LogP contribution in [0.2, 0.25) is 0 Å². The van der Waals surface area contributed by atoms with Crippen LogP contribution in [0, 0.1) is 0 Å². The SMILES string of the molecule is O=C(NCCCn1ccnc1)c1ccc2c(c1)C(=O)N(CCc1ccccc1)C2=O. The van der Waals surface area contributed by atoms with Crippen LogP contribution in [0.3, 0.4) is 0 Å². The molecule has 0 atom stereocenters. The number of aromatic nitrogens is 2. The van der Waals surface area contributed by atoms with Crippen molar-refractivity contribution in [1.29, 1.82) is 0 Å². The van der Waals surface area contributed by atoms with E-state index in [0.29, 0.717) is 36.2 Å². The standard InChI is InChI=1S/C23H22N4O3/c28-21(25-10-4-12-26-14-11-24-16-26)18-7-8-19-20(15-18)23(30)27(22(19)29)13-9-17-5-2-1-3-6-17/h1-3,5-8,11,14-16H,4,9-10,12-13H2,(H,25,28). The summed E-state index contributed by atoms with van der Waals surface area (Å²) in [5, 5.41) is 2.85. The first-order valence-electron chi connectivity index (χ1n) is 9.91. The summed E-state index contributed by atoms with van der Waals surface area (Å²) >= 11 is 0. The van der Waals surface area contributed by atoms with Crippen LogP contribution in [0.25, 0.3) is 0 Å². The quantitative estimate of drug-likeness (QED) is 0.464. The molecule has 7 heteroatoms. The number of nitrogens with one attached hydrogen (secondary N) is 1. The minimum absolute atomic E-state index is 0.258. The molecular formula is C23H22N4O3. The monoisotopic (exact) mass is 402 g/mol. The summed E-state index contributed by atoms with van der Waals surface area (Å²) in [6, 6.07) is 14.4. The van der Waals surface area contributed by atoms with Gasteiger partial charge in [-0.3, -0.25) is 19.3 Å². The van der Waals surface area contributed by atoms with Gasteiger partial charge in [0.15, 0.2) is 0 Å². The molecule has 30 heavy (non-hydrogen) atoms. The van der Waals surface area contributed by atoms with Crippen molar-refractivity contribution in [2.75, 3.05) is 13.1 Å². The molecule has 1 N–H and O–H groups in total. The van der Waals surface area contributed by atoms with Gasteiger partial charge in [-0.2, -0.15) is 0 Å². The van der Waals surface area contributed by atoms with E-state index in [1.54, 1.807) is 24.7 Å². The first-order valence-corrected chi connectivity index (χ1v) is 9.91. The van der Waals surface area contributed by atoms with Crippen molar-refractivity contribution in [2.45, 2.75) is 19.4 Å². The van der Waals surface area contributed by atoms with E-state index >= 15 is 0 Å². The lowest BCUT2D eigenvalue weighted by molar-refractivity contribution is 0.0656. The molecule has 2 heterocycles. The van der Waals surface area contributed by atoms with E-state index in [4.69, 9.17) is 0 Å². The topological polar surface area (TPSA) is 84.3 Å². The fourth-order valence-electron chi connectivity index (χ4n) is 3.51. The van der Waals surface area contributed by atoms with Crippen LogP contribution >= 0.6 is 0 Å². The predicted octanol–water partition coefficient (Wildman–Crippen LogP) is 2.54. The Morgan fingerprint density at radius 2 is 1.77 bits per heavy atom. The molecule has 0 bridgehead atoms. The van der Waals surface area contributed by atoms with E-state index in [9.17, 15) is 14.4 Å². The van der Waals surface area contributed by atoms with E-state index < -0.39 is 0 Å². The fraction of sp³-hybridized carbons (Fsp3) is 0.217. The number of benzene rings is 2. The highest BCUT2D eigenvalue weighted by molar-refractivity contribution is 6.22. The number of imide groups is 1. The molecule has 1 aliphatic rings. The van der Waals surface area contributed by atoms with E-state index in [1.165, 1.54) is 11.0 Å². The van der Waals surface area contributed by atoms with Gasteiger partial charge in [-0.05, 0) is 36.6 Å². The largest absolute Gasteiger partial charge is 0.352 e. The van der Waals surface area contributed by atoms with Crippen molar-refractivity contribution in [2.24, 2.45) is 0 Å². The molecule has 0 saturated heterocycles. The number of carbonyl (C=O) groups excluding carboxylic acids is 3. The van der Waals surface area contributed by atoms with Gasteiger partial charge in [0, 0.05) is 37.6 Å². The van der Waals surface area contributed by atoms with Crippen molar-refractivity contribution < 1.29 is 14.4 Å². The van der Waals surface area contributed by atoms with Gasteiger partial charge in [-0.15, -0.1) is 0 Å². The first kappa shape index (κ1) is 19.6. The van der Waals surface area contributed by atoms with Crippen LogP contribution in [0.1, 0.15) is 43.1 Å².